The van der Waals surface area contributed by atoms with E-state index in [4.69, 9.17) is 26.2 Å². The van der Waals surface area contributed by atoms with Crippen LogP contribution in [0.25, 0.3) is 111 Å². The molecule has 0 aliphatic carbocycles. The van der Waals surface area contributed by atoms with Gasteiger partial charge in [0.2, 0.25) is 0 Å². The maximum atomic E-state index is 8.56. The van der Waals surface area contributed by atoms with Crippen LogP contribution in [-0.4, -0.2) is 15.0 Å². The van der Waals surface area contributed by atoms with Crippen LogP contribution < -0.4 is 0 Å². The number of benzene rings is 9. The van der Waals surface area contributed by atoms with Gasteiger partial charge in [0.1, 0.15) is 11.2 Å². The third-order valence-corrected chi connectivity index (χ3v) is 10.4. The van der Waals surface area contributed by atoms with Gasteiger partial charge in [-0.15, -0.1) is 0 Å². The average molecular weight is 707 g/mol. The normalized spacial score (nSPS) is 12.9. The van der Waals surface area contributed by atoms with Gasteiger partial charge in [-0.25, -0.2) is 15.0 Å². The Hall–Kier alpha value is -7.43. The maximum Gasteiger partial charge on any atom is 0.164 e. The quantitative estimate of drug-likeness (QED) is 0.167. The summed E-state index contributed by atoms with van der Waals surface area (Å²) in [7, 11) is 0. The zero-order chi connectivity index (χ0) is 40.6. The molecule has 0 radical (unpaired) electrons. The highest BCUT2D eigenvalue weighted by Crippen LogP contribution is 2.39. The fourth-order valence-corrected chi connectivity index (χ4v) is 7.74. The Morgan fingerprint density at radius 1 is 0.309 bits per heavy atom. The SMILES string of the molecule is [2H]c1c([2H])c([2H])c(-c2cccc(-c3nc(-c4ccccc4)nc(-c4ccc5oc6cc(-c7ccc8c9ccccc9c9ccccc9c8c7)ccc6c5c4)n3)c2)c([2H])c1[2H]. The maximum absolute atomic E-state index is 8.56. The van der Waals surface area contributed by atoms with Gasteiger partial charge in [-0.05, 0) is 97.0 Å². The first-order chi connectivity index (χ1) is 29.3. The first-order valence-electron chi connectivity index (χ1n) is 20.6. The number of hydrogen-bond donors (Lipinski definition) is 0. The van der Waals surface area contributed by atoms with Gasteiger partial charge in [0.25, 0.3) is 0 Å². The lowest BCUT2D eigenvalue weighted by atomic mass is 9.92. The van der Waals surface area contributed by atoms with Crippen LogP contribution in [0.4, 0.5) is 0 Å². The first-order valence-corrected chi connectivity index (χ1v) is 18.1. The molecular formula is C51H31N3O. The Bertz CT molecular complexity index is 3500. The number of aromatic nitrogens is 3. The number of fused-ring (bicyclic) bond motifs is 9. The Balaban J connectivity index is 1.02. The Morgan fingerprint density at radius 3 is 1.51 bits per heavy atom. The molecule has 2 aromatic heterocycles. The van der Waals surface area contributed by atoms with E-state index in [1.165, 1.54) is 32.3 Å². The van der Waals surface area contributed by atoms with Crippen molar-refractivity contribution in [2.75, 3.05) is 0 Å². The van der Waals surface area contributed by atoms with E-state index in [1.54, 1.807) is 18.2 Å². The van der Waals surface area contributed by atoms with Crippen LogP contribution >= 0.6 is 0 Å². The largest absolute Gasteiger partial charge is 0.456 e. The summed E-state index contributed by atoms with van der Waals surface area (Å²) in [5.74, 6) is 1.31. The highest BCUT2D eigenvalue weighted by molar-refractivity contribution is 6.25. The molecule has 9 aromatic carbocycles. The van der Waals surface area contributed by atoms with Crippen LogP contribution in [0.5, 0.6) is 0 Å². The van der Waals surface area contributed by atoms with Crippen LogP contribution in [0.3, 0.4) is 0 Å². The molecule has 0 N–H and O–H groups in total. The predicted octanol–water partition coefficient (Wildman–Crippen LogP) is 13.6. The number of hydrogen-bond acceptors (Lipinski definition) is 4. The molecule has 2 heterocycles. The summed E-state index contributed by atoms with van der Waals surface area (Å²) < 4.78 is 48.1. The summed E-state index contributed by atoms with van der Waals surface area (Å²) in [5, 5.41) is 9.29. The molecule has 4 heteroatoms. The lowest BCUT2D eigenvalue weighted by molar-refractivity contribution is 0.669. The van der Waals surface area contributed by atoms with Crippen LogP contribution in [0, 0.1) is 0 Å². The van der Waals surface area contributed by atoms with Gasteiger partial charge in [0, 0.05) is 27.5 Å². The molecule has 0 amide bonds. The highest BCUT2D eigenvalue weighted by atomic mass is 16.3. The van der Waals surface area contributed by atoms with Crippen molar-refractivity contribution in [1.82, 2.24) is 15.0 Å². The van der Waals surface area contributed by atoms with Gasteiger partial charge < -0.3 is 4.42 Å². The van der Waals surface area contributed by atoms with E-state index in [-0.39, 0.29) is 29.7 Å². The van der Waals surface area contributed by atoms with Crippen molar-refractivity contribution in [3.8, 4) is 56.4 Å². The summed E-state index contributed by atoms with van der Waals surface area (Å²) in [6, 6.07) is 51.2. The monoisotopic (exact) mass is 706 g/mol. The Morgan fingerprint density at radius 2 is 0.800 bits per heavy atom. The van der Waals surface area contributed by atoms with Crippen molar-refractivity contribution in [3.05, 3.63) is 188 Å². The predicted molar refractivity (Wildman–Crippen MR) is 227 cm³/mol. The summed E-state index contributed by atoms with van der Waals surface area (Å²) in [4.78, 5) is 14.8. The van der Waals surface area contributed by atoms with E-state index in [9.17, 15) is 0 Å². The molecule has 0 spiro atoms. The van der Waals surface area contributed by atoms with Gasteiger partial charge in [0.15, 0.2) is 17.5 Å². The van der Waals surface area contributed by atoms with Crippen molar-refractivity contribution < 1.29 is 11.3 Å². The van der Waals surface area contributed by atoms with Crippen LogP contribution in [0.1, 0.15) is 6.85 Å². The molecule has 4 nitrogen and oxygen atoms in total. The van der Waals surface area contributed by atoms with Crippen molar-refractivity contribution in [3.63, 3.8) is 0 Å². The van der Waals surface area contributed by atoms with Gasteiger partial charge in [0.05, 0.1) is 6.85 Å². The molecule has 0 aliphatic rings. The molecule has 256 valence electrons. The summed E-state index contributed by atoms with van der Waals surface area (Å²) in [5.41, 5.74) is 6.44. The standard InChI is InChI=1S/C51H31N3O/c1-3-12-32(13-4-1)34-16-11-17-37(28-34)50-52-49(33-14-5-2-6-15-33)53-51(54-50)38-24-27-47-46(30-38)44-26-23-36(31-48(44)55-47)35-22-25-43-41-20-8-7-18-39(41)40-19-9-10-21-42(40)45(43)29-35/h1-31H/i1D,3D,4D,12D,13D. The van der Waals surface area contributed by atoms with E-state index < -0.39 is 6.04 Å². The molecule has 0 bridgehead atoms. The zero-order valence-electron chi connectivity index (χ0n) is 34.3. The molecule has 0 fully saturated rings. The molecule has 0 aliphatic heterocycles. The summed E-state index contributed by atoms with van der Waals surface area (Å²) in [6.45, 7) is 0. The second-order valence-electron chi connectivity index (χ2n) is 13.6. The molecule has 0 unspecified atom stereocenters. The minimum atomic E-state index is -0.435. The van der Waals surface area contributed by atoms with E-state index in [0.717, 1.165) is 44.2 Å². The molecule has 11 aromatic rings. The first kappa shape index (κ1) is 26.4. The van der Waals surface area contributed by atoms with E-state index in [1.807, 2.05) is 54.6 Å². The van der Waals surface area contributed by atoms with E-state index in [0.29, 0.717) is 28.6 Å². The van der Waals surface area contributed by atoms with E-state index >= 15 is 0 Å². The number of nitrogens with zero attached hydrogens (tertiary/aromatic N) is 3. The zero-order valence-corrected chi connectivity index (χ0v) is 29.3. The van der Waals surface area contributed by atoms with Crippen LogP contribution in [0.2, 0.25) is 0 Å². The van der Waals surface area contributed by atoms with Crippen LogP contribution in [-0.2, 0) is 0 Å². The van der Waals surface area contributed by atoms with Gasteiger partial charge in [-0.2, -0.15) is 0 Å². The van der Waals surface area contributed by atoms with Crippen molar-refractivity contribution in [2.24, 2.45) is 0 Å². The molecule has 0 saturated carbocycles. The van der Waals surface area contributed by atoms with Crippen molar-refractivity contribution in [2.45, 2.75) is 0 Å². The highest BCUT2D eigenvalue weighted by Gasteiger charge is 2.16. The fourth-order valence-electron chi connectivity index (χ4n) is 7.74. The third-order valence-electron chi connectivity index (χ3n) is 10.4. The van der Waals surface area contributed by atoms with Gasteiger partial charge in [-0.3, -0.25) is 0 Å². The Kier molecular flexibility index (Phi) is 6.04. The van der Waals surface area contributed by atoms with E-state index in [2.05, 4.69) is 84.9 Å². The number of furan rings is 1. The second kappa shape index (κ2) is 12.6. The topological polar surface area (TPSA) is 51.8 Å². The Labute approximate surface area is 324 Å². The summed E-state index contributed by atoms with van der Waals surface area (Å²) in [6.07, 6.45) is 0. The molecule has 0 saturated heterocycles. The smallest absolute Gasteiger partial charge is 0.164 e. The number of rotatable bonds is 5. The molecular weight excluding hydrogens is 671 g/mol. The van der Waals surface area contributed by atoms with Crippen molar-refractivity contribution >= 4 is 54.3 Å². The minimum absolute atomic E-state index is 0.114. The van der Waals surface area contributed by atoms with Crippen LogP contribution in [0.15, 0.2) is 192 Å². The molecule has 0 atom stereocenters. The average Bonchev–Trinajstić information content (AvgIpc) is 3.68. The lowest BCUT2D eigenvalue weighted by Gasteiger charge is -2.12. The lowest BCUT2D eigenvalue weighted by Crippen LogP contribution is -2.00. The van der Waals surface area contributed by atoms with Crippen molar-refractivity contribution in [1.29, 1.82) is 0 Å². The molecule has 11 rings (SSSR count). The van der Waals surface area contributed by atoms with Gasteiger partial charge >= 0.3 is 0 Å². The minimum Gasteiger partial charge on any atom is -0.456 e. The summed E-state index contributed by atoms with van der Waals surface area (Å²) >= 11 is 0. The van der Waals surface area contributed by atoms with Gasteiger partial charge in [-0.1, -0.05) is 145 Å². The third kappa shape index (κ3) is 5.34. The fraction of sp³-hybridized carbons (Fsp3) is 0. The second-order valence-corrected chi connectivity index (χ2v) is 13.6. The molecule has 55 heavy (non-hydrogen) atoms.